The van der Waals surface area contributed by atoms with Crippen molar-refractivity contribution in [2.75, 3.05) is 25.0 Å². The number of amides is 6. The molecule has 4 rings (SSSR count). The summed E-state index contributed by atoms with van der Waals surface area (Å²) in [6.07, 6.45) is 5.05. The number of unbranched alkanes of at least 4 members (excludes halogenated alkanes) is 2. The van der Waals surface area contributed by atoms with E-state index in [0.717, 1.165) is 47.8 Å². The van der Waals surface area contributed by atoms with E-state index in [1.165, 1.54) is 10.6 Å². The standard InChI is InChI=1S/C58H82N8O12S.HI/c1-36(2)51(64-53(73)40(26-27-48(69)76-56(4,5)6)62-54(74)42(61-37(3)67)35-50(71)78-58(10,11)12)55(75)63-41(34-49(70)77-57(7,8)9)52(72)60-30-29-59-46(68)25-15-14-20-31-66-32-28-38(39-21-16-17-22-43(39)66)33-47-65(13)44-23-18-19-24-45(44)79-47;/h16-19,21-24,28,32-33,36,40-42,51H,14-15,20,25-27,29-31,34-35H2,1-13H3,(H5-,59,60,61,62,63,64,67,68,72,73,74,75);1H/t40-,41-,42-,51-;/m0./s1. The summed E-state index contributed by atoms with van der Waals surface area (Å²) < 4.78 is 18.5. The Morgan fingerprint density at radius 2 is 1.18 bits per heavy atom. The molecule has 440 valence electrons. The Labute approximate surface area is 492 Å². The van der Waals surface area contributed by atoms with Gasteiger partial charge in [-0.3, -0.25) is 43.2 Å². The monoisotopic (exact) mass is 1240 g/mol. The predicted octanol–water partition coefficient (Wildman–Crippen LogP) is 2.67. The molecule has 1 aliphatic rings. The van der Waals surface area contributed by atoms with Crippen LogP contribution in [0.5, 0.6) is 0 Å². The third-order valence-electron chi connectivity index (χ3n) is 11.9. The number of nitrogens with one attached hydrogen (secondary N) is 6. The summed E-state index contributed by atoms with van der Waals surface area (Å²) in [6, 6.07) is 13.0. The Hall–Kier alpha value is -6.30. The van der Waals surface area contributed by atoms with Crippen molar-refractivity contribution in [3.63, 3.8) is 0 Å². The third-order valence-corrected chi connectivity index (χ3v) is 13.1. The number of hydrogen-bond donors (Lipinski definition) is 6. The van der Waals surface area contributed by atoms with Crippen LogP contribution in [0.15, 0.2) is 70.7 Å². The number of halogens is 1. The second kappa shape index (κ2) is 31.1. The SMILES string of the molecule is CC(=O)N[C@@H](CC(=O)OC(C)(C)C)C(=O)N[C@@H](CCC(=O)OC(C)(C)C)C(=O)N[C@H](C(=O)N[C@@H](CC(=O)OC(C)(C)C)C(=O)NCCNC(=O)CCCCC[n+]1ccc(C=C2Sc3ccccc3N2C)c2ccccc21)C(C)C.[I-]. The number of hydrogen-bond acceptors (Lipinski definition) is 14. The van der Waals surface area contributed by atoms with Crippen LogP contribution in [0.2, 0.25) is 0 Å². The van der Waals surface area contributed by atoms with Gasteiger partial charge in [-0.15, -0.1) is 0 Å². The van der Waals surface area contributed by atoms with Gasteiger partial charge in [0.25, 0.3) is 0 Å². The zero-order chi connectivity index (χ0) is 58.8. The Kier molecular flexibility index (Phi) is 26.4. The highest BCUT2D eigenvalue weighted by atomic mass is 127. The molecule has 0 fully saturated rings. The van der Waals surface area contributed by atoms with Crippen LogP contribution < -0.4 is 65.3 Å². The van der Waals surface area contributed by atoms with E-state index in [1.807, 2.05) is 18.2 Å². The summed E-state index contributed by atoms with van der Waals surface area (Å²) in [5, 5.41) is 17.8. The van der Waals surface area contributed by atoms with Gasteiger partial charge in [-0.25, -0.2) is 0 Å². The number of esters is 3. The van der Waals surface area contributed by atoms with Gasteiger partial charge in [-0.05, 0) is 117 Å². The van der Waals surface area contributed by atoms with Crippen molar-refractivity contribution in [3.8, 4) is 0 Å². The Morgan fingerprint density at radius 1 is 0.625 bits per heavy atom. The highest BCUT2D eigenvalue weighted by Gasteiger charge is 2.36. The van der Waals surface area contributed by atoms with Gasteiger partial charge in [0.05, 0.1) is 28.9 Å². The number of carbonyl (C=O) groups excluding carboxylic acids is 9. The van der Waals surface area contributed by atoms with Crippen LogP contribution in [-0.4, -0.2) is 114 Å². The minimum absolute atomic E-state index is 0. The largest absolute Gasteiger partial charge is 1.00 e. The number of aromatic nitrogens is 1. The lowest BCUT2D eigenvalue weighted by molar-refractivity contribution is -0.671. The first-order valence-corrected chi connectivity index (χ1v) is 27.7. The van der Waals surface area contributed by atoms with E-state index in [0.29, 0.717) is 6.42 Å². The molecule has 1 aromatic heterocycles. The highest BCUT2D eigenvalue weighted by molar-refractivity contribution is 8.03. The summed E-state index contributed by atoms with van der Waals surface area (Å²) in [6.45, 7) is 20.0. The van der Waals surface area contributed by atoms with E-state index < -0.39 is 107 Å². The number of anilines is 1. The van der Waals surface area contributed by atoms with Gasteiger partial charge < -0.3 is 75.0 Å². The van der Waals surface area contributed by atoms with E-state index in [9.17, 15) is 43.2 Å². The van der Waals surface area contributed by atoms with Gasteiger partial charge in [0.1, 0.15) is 47.5 Å². The fourth-order valence-corrected chi connectivity index (χ4v) is 9.47. The smallest absolute Gasteiger partial charge is 0.308 e. The van der Waals surface area contributed by atoms with Crippen LogP contribution in [0.4, 0.5) is 5.69 Å². The molecule has 0 saturated carbocycles. The molecule has 2 aromatic carbocycles. The van der Waals surface area contributed by atoms with Crippen LogP contribution >= 0.6 is 11.8 Å². The number of aryl methyl sites for hydroxylation is 1. The van der Waals surface area contributed by atoms with Crippen LogP contribution in [0.1, 0.15) is 140 Å². The van der Waals surface area contributed by atoms with Crippen molar-refractivity contribution >= 4 is 87.8 Å². The Morgan fingerprint density at radius 3 is 1.77 bits per heavy atom. The molecule has 20 nitrogen and oxygen atoms in total. The van der Waals surface area contributed by atoms with Gasteiger partial charge in [-0.1, -0.05) is 49.9 Å². The molecule has 0 aliphatic carbocycles. The highest BCUT2D eigenvalue weighted by Crippen LogP contribution is 2.45. The lowest BCUT2D eigenvalue weighted by Gasteiger charge is -2.28. The molecular weight excluding hydrogens is 1160 g/mol. The number of carbonyl (C=O) groups is 9. The van der Waals surface area contributed by atoms with Crippen LogP contribution in [0.3, 0.4) is 0 Å². The summed E-state index contributed by atoms with van der Waals surface area (Å²) in [4.78, 5) is 123. The maximum absolute atomic E-state index is 14.1. The molecule has 0 saturated heterocycles. The number of para-hydroxylation sites is 2. The van der Waals surface area contributed by atoms with Gasteiger partial charge in [0, 0.05) is 63.4 Å². The number of pyridine rings is 1. The normalized spacial score (nSPS) is 14.3. The quantitative estimate of drug-likeness (QED) is 0.0222. The van der Waals surface area contributed by atoms with Crippen molar-refractivity contribution in [2.45, 2.75) is 187 Å². The number of thioether (sulfide) groups is 1. The molecular formula is C58H83IN8O12S. The molecule has 0 unspecified atom stereocenters. The van der Waals surface area contributed by atoms with Crippen molar-refractivity contribution < 1.29 is 85.9 Å². The summed E-state index contributed by atoms with van der Waals surface area (Å²) >= 11 is 1.75. The molecule has 3 aromatic rings. The lowest BCUT2D eigenvalue weighted by Crippen LogP contribution is -3.00. The Bertz CT molecular complexity index is 2720. The topological polar surface area (TPSA) is 261 Å². The first kappa shape index (κ1) is 68.0. The number of rotatable bonds is 26. The van der Waals surface area contributed by atoms with E-state index in [1.54, 1.807) is 87.9 Å². The van der Waals surface area contributed by atoms with Gasteiger partial charge in [0.15, 0.2) is 6.20 Å². The average Bonchev–Trinajstić information content (AvgIpc) is 3.65. The zero-order valence-corrected chi connectivity index (χ0v) is 51.6. The van der Waals surface area contributed by atoms with Gasteiger partial charge >= 0.3 is 17.9 Å². The van der Waals surface area contributed by atoms with E-state index in [2.05, 4.69) is 97.1 Å². The average molecular weight is 1240 g/mol. The first-order chi connectivity index (χ1) is 36.9. The molecule has 0 bridgehead atoms. The maximum Gasteiger partial charge on any atom is 0.308 e. The summed E-state index contributed by atoms with van der Waals surface area (Å²) in [7, 11) is 2.08. The Balaban J connectivity index is 0.0000168. The van der Waals surface area contributed by atoms with Crippen LogP contribution in [0.25, 0.3) is 17.0 Å². The first-order valence-electron chi connectivity index (χ1n) is 26.9. The van der Waals surface area contributed by atoms with Gasteiger partial charge in [0.2, 0.25) is 41.0 Å². The summed E-state index contributed by atoms with van der Waals surface area (Å²) in [5.74, 6) is -7.27. The minimum atomic E-state index is -1.50. The molecule has 0 spiro atoms. The molecule has 0 radical (unpaired) electrons. The third kappa shape index (κ3) is 23.4. The minimum Gasteiger partial charge on any atom is -1.00 e. The van der Waals surface area contributed by atoms with E-state index in [-0.39, 0.29) is 62.2 Å². The number of ether oxygens (including phenoxy) is 3. The molecule has 22 heteroatoms. The molecule has 6 N–H and O–H groups in total. The maximum atomic E-state index is 14.1. The van der Waals surface area contributed by atoms with Crippen molar-refractivity contribution in [3.05, 3.63) is 71.4 Å². The fourth-order valence-electron chi connectivity index (χ4n) is 8.36. The van der Waals surface area contributed by atoms with Crippen molar-refractivity contribution in [1.29, 1.82) is 0 Å². The zero-order valence-electron chi connectivity index (χ0n) is 48.6. The second-order valence-corrected chi connectivity index (χ2v) is 23.9. The summed E-state index contributed by atoms with van der Waals surface area (Å²) in [5.41, 5.74) is 0.733. The van der Waals surface area contributed by atoms with Crippen LogP contribution in [-0.2, 0) is 63.9 Å². The fraction of sp³-hybridized carbons (Fsp3) is 0.552. The number of benzene rings is 2. The predicted molar refractivity (Wildman–Crippen MR) is 302 cm³/mol. The van der Waals surface area contributed by atoms with E-state index in [4.69, 9.17) is 14.2 Å². The molecule has 1 aliphatic heterocycles. The molecule has 4 atom stereocenters. The molecule has 6 amide bonds. The van der Waals surface area contributed by atoms with Crippen LogP contribution in [0, 0.1) is 5.92 Å². The molecule has 80 heavy (non-hydrogen) atoms. The van der Waals surface area contributed by atoms with Crippen molar-refractivity contribution in [2.24, 2.45) is 5.92 Å². The molecule has 2 heterocycles. The van der Waals surface area contributed by atoms with E-state index >= 15 is 0 Å². The van der Waals surface area contributed by atoms with Gasteiger partial charge in [-0.2, -0.15) is 4.57 Å². The number of fused-ring (bicyclic) bond motifs is 2. The lowest BCUT2D eigenvalue weighted by atomic mass is 10.0. The van der Waals surface area contributed by atoms with Crippen molar-refractivity contribution in [1.82, 2.24) is 31.9 Å². The second-order valence-electron chi connectivity index (χ2n) is 22.9. The number of nitrogens with zero attached hydrogens (tertiary/aromatic N) is 2.